The van der Waals surface area contributed by atoms with Crippen LogP contribution in [0.25, 0.3) is 0 Å². The molecular formula is C13H15ClFNO2. The van der Waals surface area contributed by atoms with E-state index in [0.29, 0.717) is 23.8 Å². The smallest absolute Gasteiger partial charge is 0.144 e. The Bertz CT molecular complexity index is 453. The highest BCUT2D eigenvalue weighted by Gasteiger charge is 2.32. The number of halogens is 2. The van der Waals surface area contributed by atoms with Gasteiger partial charge in [-0.2, -0.15) is 0 Å². The van der Waals surface area contributed by atoms with Crippen LogP contribution in [0, 0.1) is 11.7 Å². The Morgan fingerprint density at radius 1 is 1.56 bits per heavy atom. The molecule has 1 aromatic carbocycles. The number of benzene rings is 1. The maximum Gasteiger partial charge on any atom is 0.144 e. The van der Waals surface area contributed by atoms with Crippen LogP contribution in [0.3, 0.4) is 0 Å². The van der Waals surface area contributed by atoms with Crippen molar-refractivity contribution >= 4 is 17.4 Å². The summed E-state index contributed by atoms with van der Waals surface area (Å²) in [6.07, 6.45) is 0.0542. The largest absolute Gasteiger partial charge is 0.379 e. The quantitative estimate of drug-likeness (QED) is 0.908. The van der Waals surface area contributed by atoms with Crippen LogP contribution in [0.5, 0.6) is 0 Å². The number of nitrogens with one attached hydrogen (secondary N) is 1. The second-order valence-corrected chi connectivity index (χ2v) is 4.85. The second kappa shape index (κ2) is 5.78. The van der Waals surface area contributed by atoms with Gasteiger partial charge in [0.15, 0.2) is 0 Å². The highest BCUT2D eigenvalue weighted by molar-refractivity contribution is 6.30. The summed E-state index contributed by atoms with van der Waals surface area (Å²) in [6, 6.07) is 4.27. The molecule has 0 bridgehead atoms. The zero-order chi connectivity index (χ0) is 13.1. The van der Waals surface area contributed by atoms with Gasteiger partial charge in [-0.1, -0.05) is 11.6 Å². The molecule has 1 fully saturated rings. The zero-order valence-corrected chi connectivity index (χ0v) is 10.8. The number of likely N-dealkylation sites (N-methyl/N-ethyl adjacent to an activating group) is 1. The molecule has 1 saturated heterocycles. The molecule has 5 heteroatoms. The van der Waals surface area contributed by atoms with E-state index in [1.54, 1.807) is 7.05 Å². The lowest BCUT2D eigenvalue weighted by Gasteiger charge is -2.15. The molecule has 0 aliphatic carbocycles. The van der Waals surface area contributed by atoms with Crippen LogP contribution in [0.1, 0.15) is 5.56 Å². The van der Waals surface area contributed by atoms with E-state index >= 15 is 0 Å². The molecule has 1 N–H and O–H groups in total. The predicted octanol–water partition coefficient (Wildman–Crippen LogP) is 1.83. The van der Waals surface area contributed by atoms with Gasteiger partial charge >= 0.3 is 0 Å². The van der Waals surface area contributed by atoms with E-state index in [0.717, 1.165) is 0 Å². The van der Waals surface area contributed by atoms with Crippen LogP contribution < -0.4 is 5.32 Å². The Balaban J connectivity index is 2.09. The average Bonchev–Trinajstić information content (AvgIpc) is 2.82. The third-order valence-electron chi connectivity index (χ3n) is 3.24. The van der Waals surface area contributed by atoms with E-state index < -0.39 is 5.82 Å². The highest BCUT2D eigenvalue weighted by atomic mass is 35.5. The van der Waals surface area contributed by atoms with Gasteiger partial charge in [0.1, 0.15) is 11.6 Å². The van der Waals surface area contributed by atoms with E-state index in [4.69, 9.17) is 16.3 Å². The van der Waals surface area contributed by atoms with Gasteiger partial charge in [0.25, 0.3) is 0 Å². The molecule has 1 aliphatic heterocycles. The van der Waals surface area contributed by atoms with Crippen molar-refractivity contribution in [2.45, 2.75) is 12.5 Å². The van der Waals surface area contributed by atoms with Gasteiger partial charge in [-0.25, -0.2) is 4.39 Å². The molecule has 18 heavy (non-hydrogen) atoms. The van der Waals surface area contributed by atoms with Gasteiger partial charge in [-0.3, -0.25) is 4.79 Å². The van der Waals surface area contributed by atoms with E-state index in [1.165, 1.54) is 18.2 Å². The van der Waals surface area contributed by atoms with Crippen molar-refractivity contribution in [1.29, 1.82) is 0 Å². The van der Waals surface area contributed by atoms with Crippen LogP contribution in [0.15, 0.2) is 18.2 Å². The summed E-state index contributed by atoms with van der Waals surface area (Å²) in [6.45, 7) is 0.914. The molecule has 1 aliphatic rings. The molecule has 0 aromatic heterocycles. The fraction of sp³-hybridized carbons (Fsp3) is 0.462. The molecule has 98 valence electrons. The molecule has 0 radical (unpaired) electrons. The molecule has 1 aromatic rings. The number of hydrogen-bond donors (Lipinski definition) is 1. The van der Waals surface area contributed by atoms with Crippen LogP contribution in [-0.2, 0) is 16.0 Å². The molecular weight excluding hydrogens is 257 g/mol. The van der Waals surface area contributed by atoms with Crippen molar-refractivity contribution in [3.8, 4) is 0 Å². The lowest BCUT2D eigenvalue weighted by Crippen LogP contribution is -2.37. The van der Waals surface area contributed by atoms with E-state index in [2.05, 4.69) is 5.32 Å². The van der Waals surface area contributed by atoms with Gasteiger partial charge in [0.2, 0.25) is 0 Å². The van der Waals surface area contributed by atoms with Gasteiger partial charge in [0.05, 0.1) is 19.1 Å². The van der Waals surface area contributed by atoms with Gasteiger partial charge in [-0.05, 0) is 30.8 Å². The van der Waals surface area contributed by atoms with Crippen LogP contribution >= 0.6 is 11.6 Å². The van der Waals surface area contributed by atoms with Crippen LogP contribution in [0.4, 0.5) is 4.39 Å². The zero-order valence-electron chi connectivity index (χ0n) is 10.1. The number of ketones is 1. The first-order chi connectivity index (χ1) is 8.61. The van der Waals surface area contributed by atoms with E-state index in [-0.39, 0.29) is 24.2 Å². The molecule has 0 saturated carbocycles. The topological polar surface area (TPSA) is 38.3 Å². The van der Waals surface area contributed by atoms with Gasteiger partial charge < -0.3 is 10.1 Å². The van der Waals surface area contributed by atoms with Crippen LogP contribution in [0.2, 0.25) is 5.02 Å². The number of rotatable bonds is 4. The van der Waals surface area contributed by atoms with Crippen molar-refractivity contribution in [3.63, 3.8) is 0 Å². The summed E-state index contributed by atoms with van der Waals surface area (Å²) in [5.74, 6) is -0.630. The fourth-order valence-corrected chi connectivity index (χ4v) is 2.35. The highest BCUT2D eigenvalue weighted by Crippen LogP contribution is 2.20. The SMILES string of the molecule is CNC1COCC1C(=O)Cc1cc(Cl)ccc1F. The second-order valence-electron chi connectivity index (χ2n) is 4.42. The molecule has 2 atom stereocenters. The number of Topliss-reactive ketones (excluding diaryl/α,β-unsaturated/α-hetero) is 1. The Morgan fingerprint density at radius 3 is 3.06 bits per heavy atom. The minimum absolute atomic E-state index is 0.0137. The molecule has 0 amide bonds. The standard InChI is InChI=1S/C13H15ClFNO2/c1-16-12-7-18-6-10(12)13(17)5-8-4-9(14)2-3-11(8)15/h2-4,10,12,16H,5-7H2,1H3. The van der Waals surface area contributed by atoms with Crippen molar-refractivity contribution in [2.24, 2.45) is 5.92 Å². The summed E-state index contributed by atoms with van der Waals surface area (Å²) in [5.41, 5.74) is 0.342. The minimum Gasteiger partial charge on any atom is -0.379 e. The summed E-state index contributed by atoms with van der Waals surface area (Å²) < 4.78 is 18.8. The Morgan fingerprint density at radius 2 is 2.33 bits per heavy atom. The molecule has 2 unspecified atom stereocenters. The summed E-state index contributed by atoms with van der Waals surface area (Å²) >= 11 is 5.80. The monoisotopic (exact) mass is 271 g/mol. The molecule has 1 heterocycles. The number of carbonyl (C=O) groups excluding carboxylic acids is 1. The Hall–Kier alpha value is -0.970. The Labute approximate surface area is 110 Å². The maximum atomic E-state index is 13.5. The van der Waals surface area contributed by atoms with E-state index in [1.807, 2.05) is 0 Å². The number of hydrogen-bond acceptors (Lipinski definition) is 3. The van der Waals surface area contributed by atoms with Crippen LogP contribution in [-0.4, -0.2) is 32.1 Å². The normalized spacial score (nSPS) is 23.3. The molecule has 2 rings (SSSR count). The summed E-state index contributed by atoms with van der Waals surface area (Å²) in [4.78, 5) is 12.1. The summed E-state index contributed by atoms with van der Waals surface area (Å²) in [7, 11) is 1.79. The third kappa shape index (κ3) is 2.88. The van der Waals surface area contributed by atoms with E-state index in [9.17, 15) is 9.18 Å². The van der Waals surface area contributed by atoms with Crippen molar-refractivity contribution in [3.05, 3.63) is 34.6 Å². The molecule has 0 spiro atoms. The lowest BCUT2D eigenvalue weighted by atomic mass is 9.93. The van der Waals surface area contributed by atoms with Crippen molar-refractivity contribution in [1.82, 2.24) is 5.32 Å². The van der Waals surface area contributed by atoms with Gasteiger partial charge in [-0.15, -0.1) is 0 Å². The predicted molar refractivity (Wildman–Crippen MR) is 67.3 cm³/mol. The summed E-state index contributed by atoms with van der Waals surface area (Å²) in [5, 5.41) is 3.48. The third-order valence-corrected chi connectivity index (χ3v) is 3.47. The first-order valence-electron chi connectivity index (χ1n) is 5.83. The number of carbonyl (C=O) groups is 1. The first kappa shape index (κ1) is 13.5. The maximum absolute atomic E-state index is 13.5. The fourth-order valence-electron chi connectivity index (χ4n) is 2.15. The Kier molecular flexibility index (Phi) is 4.32. The van der Waals surface area contributed by atoms with Gasteiger partial charge in [0, 0.05) is 17.5 Å². The van der Waals surface area contributed by atoms with Crippen molar-refractivity contribution in [2.75, 3.05) is 20.3 Å². The lowest BCUT2D eigenvalue weighted by molar-refractivity contribution is -0.122. The minimum atomic E-state index is -0.396. The van der Waals surface area contributed by atoms with Crippen molar-refractivity contribution < 1.29 is 13.9 Å². The molecule has 3 nitrogen and oxygen atoms in total. The average molecular weight is 272 g/mol. The number of ether oxygens (including phenoxy) is 1. The first-order valence-corrected chi connectivity index (χ1v) is 6.21.